The Morgan fingerprint density at radius 2 is 1.68 bits per heavy atom. The van der Waals surface area contributed by atoms with E-state index in [1.165, 1.54) is 6.42 Å². The van der Waals surface area contributed by atoms with Crippen LogP contribution in [0.2, 0.25) is 0 Å². The van der Waals surface area contributed by atoms with Crippen molar-refractivity contribution in [1.82, 2.24) is 0 Å². The van der Waals surface area contributed by atoms with E-state index in [1.54, 1.807) is 12.1 Å². The van der Waals surface area contributed by atoms with Gasteiger partial charge < -0.3 is 0 Å². The Balaban J connectivity index is 1.30. The molecule has 7 atom stereocenters. The van der Waals surface area contributed by atoms with Crippen LogP contribution in [0.4, 0.5) is 0 Å². The van der Waals surface area contributed by atoms with Crippen molar-refractivity contribution in [3.63, 3.8) is 0 Å². The number of hydrogen-bond donors (Lipinski definition) is 0. The number of benzene rings is 1. The van der Waals surface area contributed by atoms with Crippen molar-refractivity contribution < 1.29 is 17.4 Å². The highest BCUT2D eigenvalue weighted by Gasteiger charge is 2.60. The minimum atomic E-state index is -3.72. The van der Waals surface area contributed by atoms with Crippen LogP contribution in [0.3, 0.4) is 0 Å². The molecule has 0 aliphatic heterocycles. The van der Waals surface area contributed by atoms with Crippen LogP contribution in [0.5, 0.6) is 0 Å². The van der Waals surface area contributed by atoms with Crippen molar-refractivity contribution in [2.75, 3.05) is 0 Å². The summed E-state index contributed by atoms with van der Waals surface area (Å²) in [5.41, 5.74) is 1.22. The number of aryl methyl sites for hydroxylation is 1. The lowest BCUT2D eigenvalue weighted by Gasteiger charge is -2.60. The third kappa shape index (κ3) is 3.42. The molecule has 0 aromatic heterocycles. The lowest BCUT2D eigenvalue weighted by Crippen LogP contribution is -2.54. The van der Waals surface area contributed by atoms with Gasteiger partial charge in [0.05, 0.1) is 11.0 Å². The van der Waals surface area contributed by atoms with E-state index in [0.717, 1.165) is 56.9 Å². The van der Waals surface area contributed by atoms with Crippen LogP contribution in [0.25, 0.3) is 0 Å². The summed E-state index contributed by atoms with van der Waals surface area (Å²) < 4.78 is 31.4. The highest BCUT2D eigenvalue weighted by Crippen LogP contribution is 2.65. The van der Waals surface area contributed by atoms with Gasteiger partial charge in [0.2, 0.25) is 0 Å². The first-order valence-corrected chi connectivity index (χ1v) is 13.6. The second-order valence-electron chi connectivity index (χ2n) is 11.3. The highest BCUT2D eigenvalue weighted by atomic mass is 32.2. The van der Waals surface area contributed by atoms with Gasteiger partial charge >= 0.3 is 0 Å². The van der Waals surface area contributed by atoms with Crippen LogP contribution >= 0.6 is 0 Å². The molecule has 0 amide bonds. The Morgan fingerprint density at radius 3 is 2.42 bits per heavy atom. The van der Waals surface area contributed by atoms with Gasteiger partial charge in [-0.1, -0.05) is 31.5 Å². The first kappa shape index (κ1) is 21.6. The van der Waals surface area contributed by atoms with E-state index in [-0.39, 0.29) is 21.8 Å². The molecule has 4 nitrogen and oxygen atoms in total. The van der Waals surface area contributed by atoms with Gasteiger partial charge in [-0.2, -0.15) is 8.42 Å². The predicted octanol–water partition coefficient (Wildman–Crippen LogP) is 5.68. The van der Waals surface area contributed by atoms with Crippen LogP contribution < -0.4 is 0 Å². The number of Topliss-reactive ketones (excluding diaryl/α,β-unsaturated/α-hetero) is 1. The zero-order valence-electron chi connectivity index (χ0n) is 19.1. The van der Waals surface area contributed by atoms with Crippen LogP contribution in [0, 0.1) is 41.4 Å². The number of ketones is 1. The molecule has 0 N–H and O–H groups in total. The SMILES string of the molecule is Cc1ccc(S(=O)(=O)O[C@H]2CC[C@]3(C)[C@@H](CC[C@H]4[C@H]5CCC(=O)[C@]5(C)CC[C@@H]43)C2)cc1. The summed E-state index contributed by atoms with van der Waals surface area (Å²) in [6.45, 7) is 6.64. The first-order valence-electron chi connectivity index (χ1n) is 12.2. The van der Waals surface area contributed by atoms with Crippen molar-refractivity contribution in [3.8, 4) is 0 Å². The smallest absolute Gasteiger partial charge is 0.297 e. The molecule has 0 bridgehead atoms. The molecule has 1 aromatic rings. The second-order valence-corrected chi connectivity index (χ2v) is 12.9. The Labute approximate surface area is 187 Å². The lowest BCUT2D eigenvalue weighted by molar-refractivity contribution is -0.141. The summed E-state index contributed by atoms with van der Waals surface area (Å²) in [5.74, 6) is 2.92. The van der Waals surface area contributed by atoms with Gasteiger partial charge in [0.25, 0.3) is 10.1 Å². The standard InChI is InChI=1S/C26H36O4S/c1-17-4-7-20(8-5-17)31(28,29)30-19-12-14-25(2)18(16-19)6-9-21-22-10-11-24(27)26(22,3)15-13-23(21)25/h4-5,7-8,18-19,21-23H,6,9-16H2,1-3H3/t18-,19-,21-,22+,23-,25+,26+/m0/s1. The van der Waals surface area contributed by atoms with Gasteiger partial charge in [0.1, 0.15) is 5.78 Å². The van der Waals surface area contributed by atoms with Gasteiger partial charge in [-0.15, -0.1) is 0 Å². The van der Waals surface area contributed by atoms with Crippen molar-refractivity contribution >= 4 is 15.9 Å². The van der Waals surface area contributed by atoms with Gasteiger partial charge in [0.15, 0.2) is 0 Å². The molecule has 4 fully saturated rings. The van der Waals surface area contributed by atoms with Gasteiger partial charge in [-0.25, -0.2) is 0 Å². The van der Waals surface area contributed by atoms with E-state index in [0.29, 0.717) is 29.5 Å². The largest absolute Gasteiger partial charge is 0.299 e. The van der Waals surface area contributed by atoms with E-state index in [1.807, 2.05) is 19.1 Å². The van der Waals surface area contributed by atoms with Gasteiger partial charge in [-0.05, 0) is 99.5 Å². The molecule has 0 heterocycles. The predicted molar refractivity (Wildman–Crippen MR) is 120 cm³/mol. The van der Waals surface area contributed by atoms with Crippen LogP contribution in [0.1, 0.15) is 77.2 Å². The minimum absolute atomic E-state index is 0.0766. The van der Waals surface area contributed by atoms with Crippen molar-refractivity contribution in [2.45, 2.75) is 89.6 Å². The molecule has 0 saturated heterocycles. The van der Waals surface area contributed by atoms with Crippen molar-refractivity contribution in [1.29, 1.82) is 0 Å². The van der Waals surface area contributed by atoms with Crippen LogP contribution in [-0.2, 0) is 19.1 Å². The van der Waals surface area contributed by atoms with E-state index in [9.17, 15) is 13.2 Å². The number of carbonyl (C=O) groups is 1. The highest BCUT2D eigenvalue weighted by molar-refractivity contribution is 7.86. The summed E-state index contributed by atoms with van der Waals surface area (Å²) in [4.78, 5) is 12.9. The molecule has 0 unspecified atom stereocenters. The quantitative estimate of drug-likeness (QED) is 0.563. The maximum absolute atomic E-state index is 12.8. The molecule has 1 aromatic carbocycles. The fourth-order valence-corrected chi connectivity index (χ4v) is 9.13. The van der Waals surface area contributed by atoms with Crippen LogP contribution in [0.15, 0.2) is 29.2 Å². The third-order valence-corrected chi connectivity index (χ3v) is 11.3. The second kappa shape index (κ2) is 7.41. The molecule has 31 heavy (non-hydrogen) atoms. The number of rotatable bonds is 3. The fourth-order valence-electron chi connectivity index (χ4n) is 8.02. The van der Waals surface area contributed by atoms with Crippen molar-refractivity contribution in [2.24, 2.45) is 34.5 Å². The summed E-state index contributed by atoms with van der Waals surface area (Å²) in [6.07, 6.45) is 8.85. The Bertz CT molecular complexity index is 968. The maximum Gasteiger partial charge on any atom is 0.297 e. The lowest BCUT2D eigenvalue weighted by atomic mass is 9.45. The average Bonchev–Trinajstić information content (AvgIpc) is 3.03. The summed E-state index contributed by atoms with van der Waals surface area (Å²) in [6, 6.07) is 6.93. The minimum Gasteiger partial charge on any atom is -0.299 e. The third-order valence-electron chi connectivity index (χ3n) is 9.90. The Hall–Kier alpha value is -1.20. The zero-order chi connectivity index (χ0) is 22.0. The molecule has 4 saturated carbocycles. The molecule has 170 valence electrons. The van der Waals surface area contributed by atoms with E-state index in [2.05, 4.69) is 13.8 Å². The summed E-state index contributed by atoms with van der Waals surface area (Å²) in [7, 11) is -3.72. The number of fused-ring (bicyclic) bond motifs is 5. The van der Waals surface area contributed by atoms with E-state index in [4.69, 9.17) is 4.18 Å². The normalized spacial score (nSPS) is 42.5. The van der Waals surface area contributed by atoms with Crippen LogP contribution in [-0.4, -0.2) is 20.3 Å². The molecular weight excluding hydrogens is 408 g/mol. The zero-order valence-corrected chi connectivity index (χ0v) is 19.9. The maximum atomic E-state index is 12.8. The number of carbonyl (C=O) groups excluding carboxylic acids is 1. The summed E-state index contributed by atoms with van der Waals surface area (Å²) in [5, 5.41) is 0. The Kier molecular flexibility index (Phi) is 5.17. The molecule has 5 rings (SSSR count). The Morgan fingerprint density at radius 1 is 0.935 bits per heavy atom. The summed E-state index contributed by atoms with van der Waals surface area (Å²) >= 11 is 0. The topological polar surface area (TPSA) is 60.4 Å². The van der Waals surface area contributed by atoms with E-state index >= 15 is 0 Å². The molecule has 0 spiro atoms. The molecule has 4 aliphatic carbocycles. The molecule has 5 heteroatoms. The monoisotopic (exact) mass is 444 g/mol. The number of hydrogen-bond acceptors (Lipinski definition) is 4. The average molecular weight is 445 g/mol. The fraction of sp³-hybridized carbons (Fsp3) is 0.731. The van der Waals surface area contributed by atoms with Gasteiger partial charge in [-0.3, -0.25) is 8.98 Å². The molecule has 4 aliphatic rings. The van der Waals surface area contributed by atoms with Gasteiger partial charge in [0, 0.05) is 11.8 Å². The first-order chi connectivity index (χ1) is 14.6. The van der Waals surface area contributed by atoms with E-state index < -0.39 is 10.1 Å². The molecule has 0 radical (unpaired) electrons. The van der Waals surface area contributed by atoms with Crippen molar-refractivity contribution in [3.05, 3.63) is 29.8 Å². The molecular formula is C26H36O4S.